The van der Waals surface area contributed by atoms with E-state index in [2.05, 4.69) is 25.0 Å². The summed E-state index contributed by atoms with van der Waals surface area (Å²) in [5.74, 6) is -0.653. The first-order valence-corrected chi connectivity index (χ1v) is 5.24. The number of fused-ring (bicyclic) bond motifs is 1. The number of benzene rings is 1. The van der Waals surface area contributed by atoms with Gasteiger partial charge in [0.05, 0.1) is 0 Å². The smallest absolute Gasteiger partial charge is 0.395 e. The van der Waals surface area contributed by atoms with E-state index in [1.807, 2.05) is 0 Å². The Morgan fingerprint density at radius 1 is 1.26 bits per heavy atom. The maximum absolute atomic E-state index is 12.8. The number of rotatable bonds is 2. The van der Waals surface area contributed by atoms with E-state index >= 15 is 0 Å². The minimum atomic E-state index is -3.67. The average molecular weight is 267 g/mol. The van der Waals surface area contributed by atoms with Crippen molar-refractivity contribution in [3.63, 3.8) is 0 Å². The largest absolute Gasteiger partial charge is 0.586 e. The third-order valence-corrected chi connectivity index (χ3v) is 2.40. The Hall–Kier alpha value is -2.64. The molecule has 2 N–H and O–H groups in total. The van der Waals surface area contributed by atoms with E-state index in [0.717, 1.165) is 0 Å². The molecule has 0 saturated carbocycles. The van der Waals surface area contributed by atoms with Crippen molar-refractivity contribution in [3.8, 4) is 11.5 Å². The molecule has 3 rings (SSSR count). The number of nitrogens with zero attached hydrogens (tertiary/aromatic N) is 1. The molecule has 98 valence electrons. The first-order valence-electron chi connectivity index (χ1n) is 5.24. The number of carbonyl (C=O) groups excluding carboxylic acids is 1. The van der Waals surface area contributed by atoms with Gasteiger partial charge in [0.25, 0.3) is 5.91 Å². The molecule has 2 heterocycles. The van der Waals surface area contributed by atoms with Gasteiger partial charge in [0.2, 0.25) is 0 Å². The van der Waals surface area contributed by atoms with Crippen LogP contribution in [-0.4, -0.2) is 22.4 Å². The van der Waals surface area contributed by atoms with Crippen molar-refractivity contribution in [2.45, 2.75) is 6.29 Å². The molecule has 0 unspecified atom stereocenters. The van der Waals surface area contributed by atoms with Gasteiger partial charge in [-0.2, -0.15) is 5.10 Å². The molecule has 0 aliphatic carbocycles. The van der Waals surface area contributed by atoms with Crippen LogP contribution in [0.25, 0.3) is 0 Å². The fraction of sp³-hybridized carbons (Fsp3) is 0.0909. The van der Waals surface area contributed by atoms with Gasteiger partial charge >= 0.3 is 6.29 Å². The van der Waals surface area contributed by atoms with Crippen molar-refractivity contribution < 1.29 is 23.0 Å². The summed E-state index contributed by atoms with van der Waals surface area (Å²) in [5, 5.41) is 8.63. The van der Waals surface area contributed by atoms with Crippen LogP contribution < -0.4 is 14.8 Å². The lowest BCUT2D eigenvalue weighted by atomic mass is 10.2. The molecule has 2 aromatic rings. The molecule has 1 amide bonds. The van der Waals surface area contributed by atoms with E-state index in [9.17, 15) is 13.6 Å². The van der Waals surface area contributed by atoms with Crippen molar-refractivity contribution in [1.29, 1.82) is 0 Å². The Bertz CT molecular complexity index is 628. The highest BCUT2D eigenvalue weighted by Gasteiger charge is 2.43. The number of hydrogen-bond acceptors (Lipinski definition) is 4. The number of aromatic nitrogens is 2. The third kappa shape index (κ3) is 2.19. The number of halogens is 2. The number of ether oxygens (including phenoxy) is 2. The zero-order valence-corrected chi connectivity index (χ0v) is 9.31. The van der Waals surface area contributed by atoms with Crippen molar-refractivity contribution in [1.82, 2.24) is 10.2 Å². The fourth-order valence-electron chi connectivity index (χ4n) is 1.61. The van der Waals surface area contributed by atoms with Gasteiger partial charge in [-0.25, -0.2) is 0 Å². The lowest BCUT2D eigenvalue weighted by molar-refractivity contribution is -0.286. The second-order valence-electron chi connectivity index (χ2n) is 3.75. The van der Waals surface area contributed by atoms with Gasteiger partial charge in [-0.3, -0.25) is 9.89 Å². The lowest BCUT2D eigenvalue weighted by Gasteiger charge is -2.04. The van der Waals surface area contributed by atoms with E-state index in [1.54, 1.807) is 0 Å². The average Bonchev–Trinajstić information content (AvgIpc) is 2.93. The number of H-pyrrole nitrogens is 1. The van der Waals surface area contributed by atoms with Crippen molar-refractivity contribution >= 4 is 11.6 Å². The number of aromatic amines is 1. The molecule has 0 spiro atoms. The maximum Gasteiger partial charge on any atom is 0.586 e. The van der Waals surface area contributed by atoms with E-state index in [-0.39, 0.29) is 17.2 Å². The van der Waals surface area contributed by atoms with Crippen LogP contribution in [0.4, 0.5) is 14.5 Å². The van der Waals surface area contributed by atoms with Crippen molar-refractivity contribution in [2.75, 3.05) is 5.32 Å². The lowest BCUT2D eigenvalue weighted by Crippen LogP contribution is -2.25. The number of alkyl halides is 2. The highest BCUT2D eigenvalue weighted by atomic mass is 19.3. The first-order chi connectivity index (χ1) is 9.03. The molecule has 0 saturated heterocycles. The normalized spacial score (nSPS) is 15.3. The van der Waals surface area contributed by atoms with E-state index < -0.39 is 12.2 Å². The summed E-state index contributed by atoms with van der Waals surface area (Å²) in [6, 6.07) is 5.46. The molecule has 0 bridgehead atoms. The summed E-state index contributed by atoms with van der Waals surface area (Å²) < 4.78 is 34.1. The minimum Gasteiger partial charge on any atom is -0.395 e. The van der Waals surface area contributed by atoms with Gasteiger partial charge in [-0.05, 0) is 18.2 Å². The Morgan fingerprint density at radius 3 is 2.79 bits per heavy atom. The summed E-state index contributed by atoms with van der Waals surface area (Å²) in [4.78, 5) is 11.7. The fourth-order valence-corrected chi connectivity index (χ4v) is 1.61. The van der Waals surface area contributed by atoms with Crippen molar-refractivity contribution in [2.24, 2.45) is 0 Å². The number of nitrogens with one attached hydrogen (secondary N) is 2. The molecule has 8 heteroatoms. The van der Waals surface area contributed by atoms with Crippen LogP contribution in [0.5, 0.6) is 11.5 Å². The molecule has 0 atom stereocenters. The van der Waals surface area contributed by atoms with Crippen LogP contribution in [0.3, 0.4) is 0 Å². The van der Waals surface area contributed by atoms with E-state index in [0.29, 0.717) is 5.69 Å². The van der Waals surface area contributed by atoms with Crippen molar-refractivity contribution in [3.05, 3.63) is 36.2 Å². The minimum absolute atomic E-state index is 0.0791. The summed E-state index contributed by atoms with van der Waals surface area (Å²) in [5.41, 5.74) is 0.558. The van der Waals surface area contributed by atoms with E-state index in [1.165, 1.54) is 30.5 Å². The summed E-state index contributed by atoms with van der Waals surface area (Å²) in [7, 11) is 0. The van der Waals surface area contributed by atoms with Gasteiger partial charge in [0.15, 0.2) is 11.5 Å². The molecule has 0 radical (unpaired) electrons. The monoisotopic (exact) mass is 267 g/mol. The Balaban J connectivity index is 1.79. The molecular formula is C11H7F2N3O3. The topological polar surface area (TPSA) is 76.2 Å². The zero-order valence-electron chi connectivity index (χ0n) is 9.31. The third-order valence-electron chi connectivity index (χ3n) is 2.40. The molecule has 1 aliphatic heterocycles. The Kier molecular flexibility index (Phi) is 2.37. The molecule has 6 nitrogen and oxygen atoms in total. The van der Waals surface area contributed by atoms with Crippen LogP contribution >= 0.6 is 0 Å². The number of amides is 1. The summed E-state index contributed by atoms with van der Waals surface area (Å²) in [6.45, 7) is 0. The number of carbonyl (C=O) groups is 1. The summed E-state index contributed by atoms with van der Waals surface area (Å²) in [6.07, 6.45) is -2.25. The molecular weight excluding hydrogens is 260 g/mol. The maximum atomic E-state index is 12.8. The molecule has 19 heavy (non-hydrogen) atoms. The highest BCUT2D eigenvalue weighted by molar-refractivity contribution is 6.02. The number of hydrogen-bond donors (Lipinski definition) is 2. The van der Waals surface area contributed by atoms with Gasteiger partial charge in [-0.1, -0.05) is 0 Å². The van der Waals surface area contributed by atoms with Crippen LogP contribution in [-0.2, 0) is 0 Å². The predicted octanol–water partition coefficient (Wildman–Crippen LogP) is 1.98. The van der Waals surface area contributed by atoms with Gasteiger partial charge < -0.3 is 14.8 Å². The highest BCUT2D eigenvalue weighted by Crippen LogP contribution is 2.42. The van der Waals surface area contributed by atoms with Gasteiger partial charge in [-0.15, -0.1) is 8.78 Å². The molecule has 0 fully saturated rings. The van der Waals surface area contributed by atoms with Crippen LogP contribution in [0.15, 0.2) is 30.5 Å². The van der Waals surface area contributed by atoms with Crippen LogP contribution in [0, 0.1) is 0 Å². The van der Waals surface area contributed by atoms with Gasteiger partial charge in [0.1, 0.15) is 5.69 Å². The zero-order chi connectivity index (χ0) is 13.5. The van der Waals surface area contributed by atoms with Crippen LogP contribution in [0.2, 0.25) is 0 Å². The number of anilines is 1. The quantitative estimate of drug-likeness (QED) is 0.872. The second-order valence-corrected chi connectivity index (χ2v) is 3.75. The first kappa shape index (κ1) is 11.5. The van der Waals surface area contributed by atoms with Gasteiger partial charge in [0, 0.05) is 18.0 Å². The predicted molar refractivity (Wildman–Crippen MR) is 59.2 cm³/mol. The molecule has 1 aromatic carbocycles. The molecule has 1 aliphatic rings. The Labute approximate surface area is 105 Å². The standard InChI is InChI=1S/C11H7F2N3O3/c12-11(13)18-8-2-1-6(5-9(8)19-11)15-10(17)7-3-4-14-16-7/h1-5H,(H,14,16)(H,15,17). The molecule has 1 aromatic heterocycles. The summed E-state index contributed by atoms with van der Waals surface area (Å²) >= 11 is 0. The van der Waals surface area contributed by atoms with E-state index in [4.69, 9.17) is 0 Å². The second kappa shape index (κ2) is 3.94. The van der Waals surface area contributed by atoms with Crippen LogP contribution in [0.1, 0.15) is 10.5 Å². The Morgan fingerprint density at radius 2 is 2.05 bits per heavy atom. The SMILES string of the molecule is O=C(Nc1ccc2c(c1)OC(F)(F)O2)c1ccn[nH]1.